The lowest BCUT2D eigenvalue weighted by atomic mass is 9.76. The van der Waals surface area contributed by atoms with E-state index >= 15 is 0 Å². The molecule has 35 heavy (non-hydrogen) atoms. The van der Waals surface area contributed by atoms with Crippen molar-refractivity contribution in [3.05, 3.63) is 60.7 Å². The van der Waals surface area contributed by atoms with E-state index < -0.39 is 11.7 Å². The Labute approximate surface area is 228 Å². The number of carbonyl (C=O) groups is 2. The Morgan fingerprint density at radius 1 is 1.14 bits per heavy atom. The smallest absolute Gasteiger partial charge is 0.408 e. The van der Waals surface area contributed by atoms with E-state index in [0.29, 0.717) is 19.0 Å². The van der Waals surface area contributed by atoms with E-state index in [1.54, 1.807) is 20.8 Å². The summed E-state index contributed by atoms with van der Waals surface area (Å²) in [5.41, 5.74) is 4.29. The predicted octanol–water partition coefficient (Wildman–Crippen LogP) is 6.25. The summed E-state index contributed by atoms with van der Waals surface area (Å²) in [6.07, 6.45) is 4.83. The first-order valence-electron chi connectivity index (χ1n) is 11.9. The van der Waals surface area contributed by atoms with E-state index in [9.17, 15) is 9.59 Å². The molecule has 0 bridgehead atoms. The molecule has 4 rings (SSSR count). The fourth-order valence-electron chi connectivity index (χ4n) is 5.09. The Kier molecular flexibility index (Phi) is 8.13. The van der Waals surface area contributed by atoms with Gasteiger partial charge in [-0.1, -0.05) is 27.5 Å². The second kappa shape index (κ2) is 10.8. The van der Waals surface area contributed by atoms with E-state index in [2.05, 4.69) is 49.3 Å². The Balaban J connectivity index is 1.50. The van der Waals surface area contributed by atoms with Crippen LogP contribution in [-0.4, -0.2) is 47.1 Å². The lowest BCUT2D eigenvalue weighted by Gasteiger charge is -2.37. The number of nitrogens with zero attached hydrogens (tertiary/aromatic N) is 2. The van der Waals surface area contributed by atoms with Crippen molar-refractivity contribution in [2.24, 2.45) is 5.92 Å². The second-order valence-electron chi connectivity index (χ2n) is 10.2. The summed E-state index contributed by atoms with van der Waals surface area (Å²) in [5.74, 6) is 0.366. The van der Waals surface area contributed by atoms with E-state index in [0.717, 1.165) is 45.3 Å². The van der Waals surface area contributed by atoms with Crippen LogP contribution in [0.15, 0.2) is 33.3 Å². The number of ether oxygens (including phenoxy) is 1. The molecule has 1 fully saturated rings. The SMILES string of the molecule is CC(C)(C)OC(=O)NCC(=O)N1CCC([C@H]2c3ncc(Br)cc3CCc3cc(Cl)cc(Br)c32)CC1. The van der Waals surface area contributed by atoms with Gasteiger partial charge in [0.2, 0.25) is 5.91 Å². The van der Waals surface area contributed by atoms with Gasteiger partial charge in [0.05, 0.1) is 5.69 Å². The Hall–Kier alpha value is -1.64. The number of pyridine rings is 1. The summed E-state index contributed by atoms with van der Waals surface area (Å²) in [6.45, 7) is 6.60. The maximum absolute atomic E-state index is 12.7. The van der Waals surface area contributed by atoms with Gasteiger partial charge in [0.25, 0.3) is 0 Å². The van der Waals surface area contributed by atoms with Crippen molar-refractivity contribution in [2.45, 2.75) is 58.0 Å². The molecule has 0 unspecified atom stereocenters. The lowest BCUT2D eigenvalue weighted by Crippen LogP contribution is -2.45. The van der Waals surface area contributed by atoms with Gasteiger partial charge in [-0.2, -0.15) is 0 Å². The molecule has 2 heterocycles. The maximum Gasteiger partial charge on any atom is 0.408 e. The molecule has 6 nitrogen and oxygen atoms in total. The molecule has 9 heteroatoms. The van der Waals surface area contributed by atoms with Gasteiger partial charge in [-0.25, -0.2) is 4.79 Å². The normalized spacial score (nSPS) is 18.3. The summed E-state index contributed by atoms with van der Waals surface area (Å²) in [6, 6.07) is 6.23. The lowest BCUT2D eigenvalue weighted by molar-refractivity contribution is -0.131. The van der Waals surface area contributed by atoms with Crippen molar-refractivity contribution in [3.63, 3.8) is 0 Å². The molecule has 1 atom stereocenters. The summed E-state index contributed by atoms with van der Waals surface area (Å²) in [5, 5.41) is 3.31. The fourth-order valence-corrected chi connectivity index (χ4v) is 6.59. The highest BCUT2D eigenvalue weighted by atomic mass is 79.9. The number of alkyl carbamates (subject to hydrolysis) is 1. The van der Waals surface area contributed by atoms with Crippen LogP contribution in [0.3, 0.4) is 0 Å². The molecule has 2 amide bonds. The summed E-state index contributed by atoms with van der Waals surface area (Å²) < 4.78 is 7.23. The molecule has 1 N–H and O–H groups in total. The number of nitrogens with one attached hydrogen (secondary N) is 1. The number of aryl methyl sites for hydroxylation is 2. The van der Waals surface area contributed by atoms with Crippen molar-refractivity contribution in [3.8, 4) is 0 Å². The Morgan fingerprint density at radius 3 is 2.51 bits per heavy atom. The minimum Gasteiger partial charge on any atom is -0.444 e. The monoisotopic (exact) mass is 625 g/mol. The summed E-state index contributed by atoms with van der Waals surface area (Å²) in [7, 11) is 0. The number of hydrogen-bond acceptors (Lipinski definition) is 4. The van der Waals surface area contributed by atoms with Crippen LogP contribution in [0.25, 0.3) is 0 Å². The molecule has 188 valence electrons. The van der Waals surface area contributed by atoms with Gasteiger partial charge >= 0.3 is 6.09 Å². The molecule has 0 saturated carbocycles. The third kappa shape index (κ3) is 6.38. The third-order valence-electron chi connectivity index (χ3n) is 6.56. The highest BCUT2D eigenvalue weighted by Gasteiger charge is 2.36. The zero-order valence-corrected chi connectivity index (χ0v) is 24.1. The Morgan fingerprint density at radius 2 is 1.83 bits per heavy atom. The molecular weight excluding hydrogens is 598 g/mol. The molecule has 1 aliphatic heterocycles. The molecule has 1 saturated heterocycles. The largest absolute Gasteiger partial charge is 0.444 e. The zero-order chi connectivity index (χ0) is 25.3. The molecule has 2 aromatic rings. The van der Waals surface area contributed by atoms with Crippen molar-refractivity contribution in [1.82, 2.24) is 15.2 Å². The number of benzene rings is 1. The highest BCUT2D eigenvalue weighted by molar-refractivity contribution is 9.10. The number of amides is 2. The molecule has 1 aliphatic carbocycles. The molecule has 2 aliphatic rings. The standard InChI is InChI=1S/C26H30Br2ClN3O3/c1-26(2,3)35-25(34)31-14-21(33)32-8-6-15(7-9-32)23-22-16(11-19(29)12-20(22)28)4-5-17-10-18(27)13-30-24(17)23/h10-13,15,23H,4-9,14H2,1-3H3,(H,31,34)/t23-/m1/s1. The number of fused-ring (bicyclic) bond motifs is 2. The van der Waals surface area contributed by atoms with Gasteiger partial charge in [0, 0.05) is 39.2 Å². The van der Waals surface area contributed by atoms with E-state index in [1.165, 1.54) is 16.7 Å². The minimum atomic E-state index is -0.598. The van der Waals surface area contributed by atoms with E-state index in [-0.39, 0.29) is 18.4 Å². The van der Waals surface area contributed by atoms with Gasteiger partial charge in [0.15, 0.2) is 0 Å². The molecule has 0 radical (unpaired) electrons. The summed E-state index contributed by atoms with van der Waals surface area (Å²) in [4.78, 5) is 31.4. The number of piperidine rings is 1. The number of likely N-dealkylation sites (tertiary alicyclic amines) is 1. The number of aromatic nitrogens is 1. The minimum absolute atomic E-state index is 0.0612. The van der Waals surface area contributed by atoms with Gasteiger partial charge in [-0.05, 0) is 103 Å². The van der Waals surface area contributed by atoms with Crippen LogP contribution < -0.4 is 5.32 Å². The third-order valence-corrected chi connectivity index (χ3v) is 7.87. The van der Waals surface area contributed by atoms with E-state index in [4.69, 9.17) is 21.3 Å². The van der Waals surface area contributed by atoms with Gasteiger partial charge < -0.3 is 15.0 Å². The predicted molar refractivity (Wildman–Crippen MR) is 144 cm³/mol. The maximum atomic E-state index is 12.7. The van der Waals surface area contributed by atoms with Crippen LogP contribution in [-0.2, 0) is 22.4 Å². The van der Waals surface area contributed by atoms with Gasteiger partial charge in [-0.15, -0.1) is 0 Å². The van der Waals surface area contributed by atoms with Crippen LogP contribution >= 0.6 is 43.5 Å². The van der Waals surface area contributed by atoms with Crippen LogP contribution in [0.4, 0.5) is 4.79 Å². The van der Waals surface area contributed by atoms with Gasteiger partial charge in [-0.3, -0.25) is 9.78 Å². The zero-order valence-electron chi connectivity index (χ0n) is 20.2. The number of carbonyl (C=O) groups excluding carboxylic acids is 2. The van der Waals surface area contributed by atoms with Crippen LogP contribution in [0, 0.1) is 5.92 Å². The topological polar surface area (TPSA) is 71.5 Å². The fraction of sp³-hybridized carbons (Fsp3) is 0.500. The van der Waals surface area contributed by atoms with Crippen molar-refractivity contribution < 1.29 is 14.3 Å². The van der Waals surface area contributed by atoms with Crippen molar-refractivity contribution in [2.75, 3.05) is 19.6 Å². The van der Waals surface area contributed by atoms with Crippen molar-refractivity contribution in [1.29, 1.82) is 0 Å². The van der Waals surface area contributed by atoms with Crippen molar-refractivity contribution >= 4 is 55.5 Å². The molecule has 0 spiro atoms. The number of halogens is 3. The average Bonchev–Trinajstić information content (AvgIpc) is 2.93. The number of hydrogen-bond donors (Lipinski definition) is 1. The Bertz CT molecular complexity index is 1130. The molecular formula is C26H30Br2ClN3O3. The first-order valence-corrected chi connectivity index (χ1v) is 13.8. The molecule has 1 aromatic heterocycles. The second-order valence-corrected chi connectivity index (χ2v) is 12.4. The van der Waals surface area contributed by atoms with Crippen LogP contribution in [0.5, 0.6) is 0 Å². The first-order chi connectivity index (χ1) is 16.5. The van der Waals surface area contributed by atoms with Crippen LogP contribution in [0.1, 0.15) is 61.9 Å². The van der Waals surface area contributed by atoms with E-state index in [1.807, 2.05) is 17.2 Å². The molecule has 1 aromatic carbocycles. The quantitative estimate of drug-likeness (QED) is 0.437. The average molecular weight is 628 g/mol. The summed E-state index contributed by atoms with van der Waals surface area (Å²) >= 11 is 13.8. The number of rotatable bonds is 3. The van der Waals surface area contributed by atoms with Gasteiger partial charge in [0.1, 0.15) is 12.1 Å². The van der Waals surface area contributed by atoms with Crippen LogP contribution in [0.2, 0.25) is 5.02 Å². The first kappa shape index (κ1) is 26.4. The highest BCUT2D eigenvalue weighted by Crippen LogP contribution is 2.46.